The molecule has 6 heteroatoms. The Morgan fingerprint density at radius 3 is 2.29 bits per heavy atom. The molecule has 24 heavy (non-hydrogen) atoms. The van der Waals surface area contributed by atoms with E-state index in [1.807, 2.05) is 24.1 Å². The number of anilines is 1. The van der Waals surface area contributed by atoms with Crippen LogP contribution in [0.1, 0.15) is 42.5 Å². The third-order valence-corrected chi connectivity index (χ3v) is 4.95. The van der Waals surface area contributed by atoms with Crippen molar-refractivity contribution in [2.45, 2.75) is 38.1 Å². The number of hydrogen-bond acceptors (Lipinski definition) is 3. The van der Waals surface area contributed by atoms with Gasteiger partial charge in [-0.05, 0) is 63.4 Å². The highest BCUT2D eigenvalue weighted by Gasteiger charge is 2.23. The average Bonchev–Trinajstić information content (AvgIpc) is 2.62. The van der Waals surface area contributed by atoms with Crippen LogP contribution in [0.2, 0.25) is 0 Å². The second-order valence-corrected chi connectivity index (χ2v) is 6.47. The number of nitrogens with one attached hydrogen (secondary N) is 1. The van der Waals surface area contributed by atoms with Crippen LogP contribution in [0.3, 0.4) is 0 Å². The Balaban J connectivity index is 0.00000144. The quantitative estimate of drug-likeness (QED) is 0.882. The highest BCUT2D eigenvalue weighted by molar-refractivity contribution is 5.94. The number of amides is 1. The summed E-state index contributed by atoms with van der Waals surface area (Å²) in [6.07, 6.45) is 6.14. The molecular formula is C18H29Cl2N3O. The summed E-state index contributed by atoms with van der Waals surface area (Å²) in [7, 11) is 1.98. The lowest BCUT2D eigenvalue weighted by Gasteiger charge is -2.33. The summed E-state index contributed by atoms with van der Waals surface area (Å²) >= 11 is 0. The molecule has 4 nitrogen and oxygen atoms in total. The van der Waals surface area contributed by atoms with Gasteiger partial charge in [-0.25, -0.2) is 0 Å². The number of carbonyl (C=O) groups is 1. The Morgan fingerprint density at radius 1 is 1.00 bits per heavy atom. The molecule has 0 radical (unpaired) electrons. The Labute approximate surface area is 157 Å². The minimum absolute atomic E-state index is 0. The van der Waals surface area contributed by atoms with Crippen molar-refractivity contribution in [2.75, 3.05) is 38.1 Å². The highest BCUT2D eigenvalue weighted by Crippen LogP contribution is 2.21. The fraction of sp³-hybridized carbons (Fsp3) is 0.611. The van der Waals surface area contributed by atoms with Gasteiger partial charge in [-0.15, -0.1) is 24.8 Å². The number of carbonyl (C=O) groups excluding carboxylic acids is 1. The summed E-state index contributed by atoms with van der Waals surface area (Å²) in [4.78, 5) is 17.0. The molecule has 0 aromatic heterocycles. The zero-order valence-corrected chi connectivity index (χ0v) is 16.0. The average molecular weight is 374 g/mol. The zero-order valence-electron chi connectivity index (χ0n) is 14.4. The Kier molecular flexibility index (Phi) is 8.88. The lowest BCUT2D eigenvalue weighted by atomic mass is 10.0. The van der Waals surface area contributed by atoms with E-state index in [4.69, 9.17) is 0 Å². The molecule has 2 aliphatic heterocycles. The topological polar surface area (TPSA) is 35.6 Å². The van der Waals surface area contributed by atoms with Gasteiger partial charge in [-0.3, -0.25) is 4.79 Å². The lowest BCUT2D eigenvalue weighted by Crippen LogP contribution is -2.46. The van der Waals surface area contributed by atoms with E-state index >= 15 is 0 Å². The van der Waals surface area contributed by atoms with Crippen LogP contribution >= 0.6 is 24.8 Å². The van der Waals surface area contributed by atoms with E-state index in [0.717, 1.165) is 44.6 Å². The van der Waals surface area contributed by atoms with Crippen LogP contribution in [0.15, 0.2) is 24.3 Å². The summed E-state index contributed by atoms with van der Waals surface area (Å²) in [5, 5.41) is 3.29. The number of likely N-dealkylation sites (tertiary alicyclic amines) is 1. The van der Waals surface area contributed by atoms with Crippen LogP contribution in [-0.2, 0) is 0 Å². The predicted octanol–water partition coefficient (Wildman–Crippen LogP) is 3.34. The SMILES string of the molecule is CNC1CCCN(C(=O)c2ccc(N3CCCCC3)cc2)C1.Cl.Cl. The number of rotatable bonds is 3. The van der Waals surface area contributed by atoms with Crippen molar-refractivity contribution in [3.63, 3.8) is 0 Å². The van der Waals surface area contributed by atoms with E-state index in [1.54, 1.807) is 0 Å². The molecule has 1 atom stereocenters. The Morgan fingerprint density at radius 2 is 1.67 bits per heavy atom. The van der Waals surface area contributed by atoms with E-state index in [9.17, 15) is 4.79 Å². The van der Waals surface area contributed by atoms with Crippen molar-refractivity contribution in [1.82, 2.24) is 10.2 Å². The molecule has 2 fully saturated rings. The van der Waals surface area contributed by atoms with Crippen molar-refractivity contribution in [1.29, 1.82) is 0 Å². The lowest BCUT2D eigenvalue weighted by molar-refractivity contribution is 0.0698. The van der Waals surface area contributed by atoms with E-state index < -0.39 is 0 Å². The zero-order chi connectivity index (χ0) is 15.4. The van der Waals surface area contributed by atoms with Gasteiger partial charge in [-0.1, -0.05) is 0 Å². The van der Waals surface area contributed by atoms with Crippen molar-refractivity contribution >= 4 is 36.4 Å². The second-order valence-electron chi connectivity index (χ2n) is 6.47. The van der Waals surface area contributed by atoms with E-state index in [-0.39, 0.29) is 30.7 Å². The summed E-state index contributed by atoms with van der Waals surface area (Å²) in [6, 6.07) is 8.64. The van der Waals surface area contributed by atoms with Crippen LogP contribution in [0.25, 0.3) is 0 Å². The minimum atomic E-state index is 0. The molecule has 2 saturated heterocycles. The molecule has 2 aliphatic rings. The fourth-order valence-corrected chi connectivity index (χ4v) is 3.55. The first-order valence-electron chi connectivity index (χ1n) is 8.59. The molecule has 0 bridgehead atoms. The molecule has 1 amide bonds. The smallest absolute Gasteiger partial charge is 0.253 e. The molecule has 1 aromatic carbocycles. The molecule has 3 rings (SSSR count). The van der Waals surface area contributed by atoms with Crippen molar-refractivity contribution in [3.8, 4) is 0 Å². The highest BCUT2D eigenvalue weighted by atomic mass is 35.5. The summed E-state index contributed by atoms with van der Waals surface area (Å²) in [6.45, 7) is 3.99. The Bertz CT molecular complexity index is 503. The summed E-state index contributed by atoms with van der Waals surface area (Å²) < 4.78 is 0. The molecule has 1 aromatic rings. The van der Waals surface area contributed by atoms with Gasteiger partial charge < -0.3 is 15.1 Å². The second kappa shape index (κ2) is 10.1. The van der Waals surface area contributed by atoms with Gasteiger partial charge in [0.2, 0.25) is 0 Å². The summed E-state index contributed by atoms with van der Waals surface area (Å²) in [5.41, 5.74) is 2.07. The first-order valence-corrected chi connectivity index (χ1v) is 8.59. The first-order chi connectivity index (χ1) is 10.8. The standard InChI is InChI=1S/C18H27N3O.2ClH/c1-19-16-6-5-13-21(14-16)18(22)15-7-9-17(10-8-15)20-11-3-2-4-12-20;;/h7-10,16,19H,2-6,11-14H2,1H3;2*1H. The van der Waals surface area contributed by atoms with Crippen LogP contribution in [0, 0.1) is 0 Å². The van der Waals surface area contributed by atoms with E-state index in [0.29, 0.717) is 6.04 Å². The molecule has 136 valence electrons. The van der Waals surface area contributed by atoms with Crippen LogP contribution in [0.4, 0.5) is 5.69 Å². The number of piperidine rings is 2. The molecule has 0 aliphatic carbocycles. The van der Waals surface area contributed by atoms with Crippen molar-refractivity contribution in [2.24, 2.45) is 0 Å². The third-order valence-electron chi connectivity index (χ3n) is 4.95. The first kappa shape index (κ1) is 21.1. The number of halogens is 2. The van der Waals surface area contributed by atoms with Gasteiger partial charge in [-0.2, -0.15) is 0 Å². The van der Waals surface area contributed by atoms with Gasteiger partial charge in [0, 0.05) is 43.5 Å². The molecule has 1 unspecified atom stereocenters. The summed E-state index contributed by atoms with van der Waals surface area (Å²) in [5.74, 6) is 0.171. The maximum Gasteiger partial charge on any atom is 0.253 e. The molecule has 0 spiro atoms. The number of hydrogen-bond donors (Lipinski definition) is 1. The van der Waals surface area contributed by atoms with E-state index in [2.05, 4.69) is 22.3 Å². The maximum atomic E-state index is 12.6. The van der Waals surface area contributed by atoms with Crippen molar-refractivity contribution in [3.05, 3.63) is 29.8 Å². The van der Waals surface area contributed by atoms with Crippen molar-refractivity contribution < 1.29 is 4.79 Å². The molecule has 1 N–H and O–H groups in total. The maximum absolute atomic E-state index is 12.6. The molecule has 0 saturated carbocycles. The number of likely N-dealkylation sites (N-methyl/N-ethyl adjacent to an activating group) is 1. The molecular weight excluding hydrogens is 345 g/mol. The Hall–Kier alpha value is -0.970. The fourth-order valence-electron chi connectivity index (χ4n) is 3.55. The molecule has 2 heterocycles. The third kappa shape index (κ3) is 5.01. The monoisotopic (exact) mass is 373 g/mol. The minimum Gasteiger partial charge on any atom is -0.372 e. The van der Waals surface area contributed by atoms with Gasteiger partial charge in [0.25, 0.3) is 5.91 Å². The number of benzene rings is 1. The predicted molar refractivity (Wildman–Crippen MR) is 105 cm³/mol. The largest absolute Gasteiger partial charge is 0.372 e. The van der Waals surface area contributed by atoms with Gasteiger partial charge in [0.05, 0.1) is 0 Å². The van der Waals surface area contributed by atoms with Crippen LogP contribution in [-0.4, -0.2) is 50.1 Å². The van der Waals surface area contributed by atoms with Gasteiger partial charge in [0.1, 0.15) is 0 Å². The van der Waals surface area contributed by atoms with Gasteiger partial charge >= 0.3 is 0 Å². The normalized spacial score (nSPS) is 20.8. The van der Waals surface area contributed by atoms with Crippen LogP contribution in [0.5, 0.6) is 0 Å². The van der Waals surface area contributed by atoms with Gasteiger partial charge in [0.15, 0.2) is 0 Å². The van der Waals surface area contributed by atoms with E-state index in [1.165, 1.54) is 24.9 Å². The number of nitrogens with zero attached hydrogens (tertiary/aromatic N) is 2. The van der Waals surface area contributed by atoms with Crippen LogP contribution < -0.4 is 10.2 Å².